The lowest BCUT2D eigenvalue weighted by atomic mass is 10.2. The van der Waals surface area contributed by atoms with Gasteiger partial charge in [-0.3, -0.25) is 0 Å². The van der Waals surface area contributed by atoms with Gasteiger partial charge in [0.25, 0.3) is 0 Å². The molecule has 0 bridgehead atoms. The summed E-state index contributed by atoms with van der Waals surface area (Å²) in [6, 6.07) is 8.04. The van der Waals surface area contributed by atoms with Gasteiger partial charge >= 0.3 is 0 Å². The molecule has 0 saturated carbocycles. The number of aliphatic hydroxyl groups is 1. The molecule has 0 saturated heterocycles. The lowest BCUT2D eigenvalue weighted by Crippen LogP contribution is -2.12. The molecule has 0 amide bonds. The fourth-order valence-corrected chi connectivity index (χ4v) is 2.27. The molecule has 1 atom stereocenters. The maximum Gasteiger partial charge on any atom is 0.244 e. The standard InChI is InChI=1S/C14H17N5O/c1-9(20)7-8-15-14-16-13-12(17-18-14)10-5-3-4-6-11(10)19(13)2/h3-6,9,20H,7-8H2,1-2H3,(H,15,16,18)/t9-/m1/s1. The van der Waals surface area contributed by atoms with Gasteiger partial charge in [0.1, 0.15) is 5.52 Å². The predicted molar refractivity (Wildman–Crippen MR) is 78.6 cm³/mol. The lowest BCUT2D eigenvalue weighted by molar-refractivity contribution is 0.188. The van der Waals surface area contributed by atoms with Crippen molar-refractivity contribution in [1.29, 1.82) is 0 Å². The molecule has 2 aromatic heterocycles. The van der Waals surface area contributed by atoms with Crippen LogP contribution in [0.2, 0.25) is 0 Å². The Bertz CT molecular complexity index is 750. The maximum atomic E-state index is 9.24. The third-order valence-corrected chi connectivity index (χ3v) is 3.35. The van der Waals surface area contributed by atoms with Crippen LogP contribution in [-0.4, -0.2) is 37.5 Å². The van der Waals surface area contributed by atoms with Crippen LogP contribution in [0.4, 0.5) is 5.95 Å². The van der Waals surface area contributed by atoms with E-state index in [2.05, 4.69) is 20.5 Å². The Balaban J connectivity index is 1.99. The van der Waals surface area contributed by atoms with Crippen molar-refractivity contribution in [3.8, 4) is 0 Å². The van der Waals surface area contributed by atoms with Gasteiger partial charge in [-0.05, 0) is 19.4 Å². The van der Waals surface area contributed by atoms with E-state index < -0.39 is 0 Å². The second kappa shape index (κ2) is 5.05. The number of anilines is 1. The van der Waals surface area contributed by atoms with Crippen molar-refractivity contribution in [2.45, 2.75) is 19.4 Å². The van der Waals surface area contributed by atoms with Crippen LogP contribution in [0.15, 0.2) is 24.3 Å². The number of benzene rings is 1. The molecule has 20 heavy (non-hydrogen) atoms. The molecule has 0 aliphatic rings. The Morgan fingerprint density at radius 2 is 2.10 bits per heavy atom. The lowest BCUT2D eigenvalue weighted by Gasteiger charge is -2.05. The van der Waals surface area contributed by atoms with Crippen LogP contribution in [0.5, 0.6) is 0 Å². The van der Waals surface area contributed by atoms with Crippen molar-refractivity contribution < 1.29 is 5.11 Å². The molecular weight excluding hydrogens is 254 g/mol. The summed E-state index contributed by atoms with van der Waals surface area (Å²) in [7, 11) is 1.97. The summed E-state index contributed by atoms with van der Waals surface area (Å²) in [4.78, 5) is 4.51. The molecule has 0 unspecified atom stereocenters. The number of aromatic nitrogens is 4. The van der Waals surface area contributed by atoms with E-state index in [1.54, 1.807) is 6.92 Å². The zero-order valence-electron chi connectivity index (χ0n) is 11.5. The molecule has 0 spiro atoms. The van der Waals surface area contributed by atoms with Crippen LogP contribution in [0, 0.1) is 0 Å². The van der Waals surface area contributed by atoms with E-state index in [9.17, 15) is 5.11 Å². The van der Waals surface area contributed by atoms with E-state index >= 15 is 0 Å². The van der Waals surface area contributed by atoms with E-state index in [0.717, 1.165) is 22.1 Å². The quantitative estimate of drug-likeness (QED) is 0.755. The molecule has 0 radical (unpaired) electrons. The Hall–Kier alpha value is -2.21. The van der Waals surface area contributed by atoms with E-state index in [1.807, 2.05) is 35.9 Å². The summed E-state index contributed by atoms with van der Waals surface area (Å²) in [6.07, 6.45) is 0.313. The van der Waals surface area contributed by atoms with Gasteiger partial charge in [0, 0.05) is 19.0 Å². The van der Waals surface area contributed by atoms with Crippen molar-refractivity contribution >= 4 is 28.0 Å². The van der Waals surface area contributed by atoms with E-state index in [-0.39, 0.29) is 6.10 Å². The fraction of sp³-hybridized carbons (Fsp3) is 0.357. The molecule has 1 aromatic carbocycles. The summed E-state index contributed by atoms with van der Waals surface area (Å²) in [6.45, 7) is 2.38. The number of aryl methyl sites for hydroxylation is 1. The predicted octanol–water partition coefficient (Wildman–Crippen LogP) is 1.70. The highest BCUT2D eigenvalue weighted by molar-refractivity contribution is 6.04. The second-order valence-corrected chi connectivity index (χ2v) is 4.95. The molecule has 3 rings (SSSR count). The number of aliphatic hydroxyl groups excluding tert-OH is 1. The van der Waals surface area contributed by atoms with Crippen LogP contribution < -0.4 is 5.32 Å². The topological polar surface area (TPSA) is 75.9 Å². The van der Waals surface area contributed by atoms with Crippen LogP contribution in [-0.2, 0) is 7.05 Å². The highest BCUT2D eigenvalue weighted by atomic mass is 16.3. The second-order valence-electron chi connectivity index (χ2n) is 4.95. The number of hydrogen-bond donors (Lipinski definition) is 2. The first-order chi connectivity index (χ1) is 9.66. The van der Waals surface area contributed by atoms with Gasteiger partial charge < -0.3 is 15.0 Å². The number of fused-ring (bicyclic) bond motifs is 3. The monoisotopic (exact) mass is 271 g/mol. The van der Waals surface area contributed by atoms with Crippen LogP contribution >= 0.6 is 0 Å². The summed E-state index contributed by atoms with van der Waals surface area (Å²) < 4.78 is 2.01. The van der Waals surface area contributed by atoms with Gasteiger partial charge in [-0.15, -0.1) is 10.2 Å². The van der Waals surface area contributed by atoms with Gasteiger partial charge in [-0.2, -0.15) is 4.98 Å². The van der Waals surface area contributed by atoms with E-state index in [0.29, 0.717) is 18.9 Å². The molecule has 2 N–H and O–H groups in total. The highest BCUT2D eigenvalue weighted by Gasteiger charge is 2.11. The fourth-order valence-electron chi connectivity index (χ4n) is 2.27. The minimum atomic E-state index is -0.336. The number of rotatable bonds is 4. The van der Waals surface area contributed by atoms with Gasteiger partial charge in [-0.1, -0.05) is 18.2 Å². The first-order valence-corrected chi connectivity index (χ1v) is 6.66. The van der Waals surface area contributed by atoms with Crippen molar-refractivity contribution in [2.75, 3.05) is 11.9 Å². The maximum absolute atomic E-state index is 9.24. The average molecular weight is 271 g/mol. The van der Waals surface area contributed by atoms with Gasteiger partial charge in [0.15, 0.2) is 5.65 Å². The third kappa shape index (κ3) is 2.18. The minimum absolute atomic E-state index is 0.336. The number of hydrogen-bond acceptors (Lipinski definition) is 5. The molecule has 3 aromatic rings. The Kier molecular flexibility index (Phi) is 3.23. The van der Waals surface area contributed by atoms with Crippen LogP contribution in [0.1, 0.15) is 13.3 Å². The number of para-hydroxylation sites is 1. The van der Waals surface area contributed by atoms with Crippen molar-refractivity contribution in [3.05, 3.63) is 24.3 Å². The molecule has 0 aliphatic heterocycles. The molecule has 0 fully saturated rings. The average Bonchev–Trinajstić information content (AvgIpc) is 2.73. The number of nitrogens with zero attached hydrogens (tertiary/aromatic N) is 4. The van der Waals surface area contributed by atoms with Gasteiger partial charge in [0.05, 0.1) is 11.6 Å². The van der Waals surface area contributed by atoms with Crippen LogP contribution in [0.25, 0.3) is 22.1 Å². The summed E-state index contributed by atoms with van der Waals surface area (Å²) in [5, 5.41) is 21.7. The molecular formula is C14H17N5O. The minimum Gasteiger partial charge on any atom is -0.393 e. The molecule has 0 aliphatic carbocycles. The zero-order chi connectivity index (χ0) is 14.1. The van der Waals surface area contributed by atoms with E-state index in [4.69, 9.17) is 0 Å². The molecule has 6 heteroatoms. The highest BCUT2D eigenvalue weighted by Crippen LogP contribution is 2.24. The van der Waals surface area contributed by atoms with E-state index in [1.165, 1.54) is 0 Å². The first kappa shape index (κ1) is 12.8. The van der Waals surface area contributed by atoms with Crippen LogP contribution in [0.3, 0.4) is 0 Å². The smallest absolute Gasteiger partial charge is 0.244 e. The molecule has 2 heterocycles. The Labute approximate surface area is 116 Å². The van der Waals surface area contributed by atoms with Crippen molar-refractivity contribution in [1.82, 2.24) is 19.7 Å². The normalized spacial score (nSPS) is 12.9. The number of nitrogens with one attached hydrogen (secondary N) is 1. The van der Waals surface area contributed by atoms with Crippen molar-refractivity contribution in [2.24, 2.45) is 7.05 Å². The summed E-state index contributed by atoms with van der Waals surface area (Å²) >= 11 is 0. The molecule has 104 valence electrons. The van der Waals surface area contributed by atoms with Gasteiger partial charge in [-0.25, -0.2) is 0 Å². The summed E-state index contributed by atoms with van der Waals surface area (Å²) in [5.41, 5.74) is 2.70. The zero-order valence-corrected chi connectivity index (χ0v) is 11.5. The SMILES string of the molecule is C[C@@H](O)CCNc1nnc2c3ccccc3n(C)c2n1. The molecule has 6 nitrogen and oxygen atoms in total. The van der Waals surface area contributed by atoms with Gasteiger partial charge in [0.2, 0.25) is 5.95 Å². The largest absolute Gasteiger partial charge is 0.393 e. The Morgan fingerprint density at radius 1 is 1.30 bits per heavy atom. The Morgan fingerprint density at radius 3 is 2.90 bits per heavy atom. The third-order valence-electron chi connectivity index (χ3n) is 3.35. The summed E-state index contributed by atoms with van der Waals surface area (Å²) in [5.74, 6) is 0.490. The van der Waals surface area contributed by atoms with Crippen molar-refractivity contribution in [3.63, 3.8) is 0 Å². The first-order valence-electron chi connectivity index (χ1n) is 6.66.